The van der Waals surface area contributed by atoms with Crippen molar-refractivity contribution in [3.05, 3.63) is 24.4 Å². The molecule has 8 heteroatoms. The molecule has 2 amide bonds. The van der Waals surface area contributed by atoms with E-state index in [0.29, 0.717) is 32.0 Å². The molecule has 0 spiro atoms. The summed E-state index contributed by atoms with van der Waals surface area (Å²) in [6.07, 6.45) is 1.60. The minimum Gasteiger partial charge on any atom is -0.322 e. The first-order valence-electron chi connectivity index (χ1n) is 6.47. The number of pyridine rings is 1. The van der Waals surface area contributed by atoms with Crippen LogP contribution in [-0.2, 0) is 10.0 Å². The molecule has 1 aromatic heterocycles. The van der Waals surface area contributed by atoms with Crippen LogP contribution in [0, 0.1) is 0 Å². The van der Waals surface area contributed by atoms with Crippen molar-refractivity contribution in [2.24, 2.45) is 0 Å². The van der Waals surface area contributed by atoms with Crippen molar-refractivity contribution in [2.75, 3.05) is 37.2 Å². The van der Waals surface area contributed by atoms with Gasteiger partial charge in [-0.05, 0) is 19.1 Å². The Morgan fingerprint density at radius 3 is 2.55 bits per heavy atom. The summed E-state index contributed by atoms with van der Waals surface area (Å²) in [7, 11) is -3.17. The van der Waals surface area contributed by atoms with Crippen LogP contribution in [0.2, 0.25) is 0 Å². The van der Waals surface area contributed by atoms with Gasteiger partial charge in [-0.3, -0.25) is 5.32 Å². The van der Waals surface area contributed by atoms with Crippen LogP contribution in [0.4, 0.5) is 10.6 Å². The number of aromatic nitrogens is 1. The number of hydrogen-bond acceptors (Lipinski definition) is 4. The van der Waals surface area contributed by atoms with Crippen molar-refractivity contribution in [2.45, 2.75) is 6.92 Å². The lowest BCUT2D eigenvalue weighted by Gasteiger charge is -2.33. The normalized spacial score (nSPS) is 16.9. The predicted molar refractivity (Wildman–Crippen MR) is 75.9 cm³/mol. The van der Waals surface area contributed by atoms with Crippen LogP contribution >= 0.6 is 0 Å². The maximum Gasteiger partial charge on any atom is 0.323 e. The lowest BCUT2D eigenvalue weighted by atomic mass is 10.4. The molecule has 0 unspecified atom stereocenters. The minimum atomic E-state index is -3.17. The number of urea groups is 1. The van der Waals surface area contributed by atoms with Gasteiger partial charge in [0, 0.05) is 32.4 Å². The summed E-state index contributed by atoms with van der Waals surface area (Å²) in [6, 6.07) is 5.01. The zero-order chi connectivity index (χ0) is 14.6. The predicted octanol–water partition coefficient (Wildman–Crippen LogP) is 0.581. The Morgan fingerprint density at radius 2 is 2.00 bits per heavy atom. The zero-order valence-corrected chi connectivity index (χ0v) is 12.1. The van der Waals surface area contributed by atoms with Crippen LogP contribution in [0.1, 0.15) is 6.92 Å². The van der Waals surface area contributed by atoms with Crippen molar-refractivity contribution in [1.82, 2.24) is 14.2 Å². The van der Waals surface area contributed by atoms with Crippen LogP contribution in [0.15, 0.2) is 24.4 Å². The van der Waals surface area contributed by atoms with Gasteiger partial charge in [-0.2, -0.15) is 4.31 Å². The van der Waals surface area contributed by atoms with Crippen LogP contribution in [0.25, 0.3) is 0 Å². The summed E-state index contributed by atoms with van der Waals surface area (Å²) in [6.45, 7) is 3.07. The lowest BCUT2D eigenvalue weighted by Crippen LogP contribution is -2.51. The van der Waals surface area contributed by atoms with E-state index in [0.717, 1.165) is 0 Å². The Bertz CT molecular complexity index is 553. The zero-order valence-electron chi connectivity index (χ0n) is 11.3. The molecule has 0 aromatic carbocycles. The second-order valence-corrected chi connectivity index (χ2v) is 6.69. The van der Waals surface area contributed by atoms with E-state index in [9.17, 15) is 13.2 Å². The van der Waals surface area contributed by atoms with Gasteiger partial charge in [-0.25, -0.2) is 18.2 Å². The molecule has 110 valence electrons. The van der Waals surface area contributed by atoms with E-state index in [1.54, 1.807) is 36.2 Å². The van der Waals surface area contributed by atoms with E-state index in [1.165, 1.54) is 4.31 Å². The number of anilines is 1. The van der Waals surface area contributed by atoms with Crippen molar-refractivity contribution in [3.63, 3.8) is 0 Å². The monoisotopic (exact) mass is 298 g/mol. The number of sulfonamides is 1. The SMILES string of the molecule is CCS(=O)(=O)N1CCN(C(=O)Nc2ccccn2)CC1. The van der Waals surface area contributed by atoms with E-state index < -0.39 is 10.0 Å². The number of nitrogens with one attached hydrogen (secondary N) is 1. The Hall–Kier alpha value is -1.67. The van der Waals surface area contributed by atoms with Gasteiger partial charge < -0.3 is 4.90 Å². The third-order valence-corrected chi connectivity index (χ3v) is 5.07. The first kappa shape index (κ1) is 14.7. The van der Waals surface area contributed by atoms with E-state index >= 15 is 0 Å². The molecule has 1 aromatic rings. The number of carbonyl (C=O) groups excluding carboxylic acids is 1. The average molecular weight is 298 g/mol. The number of carbonyl (C=O) groups is 1. The fourth-order valence-electron chi connectivity index (χ4n) is 1.98. The summed E-state index contributed by atoms with van der Waals surface area (Å²) >= 11 is 0. The molecule has 2 heterocycles. The highest BCUT2D eigenvalue weighted by molar-refractivity contribution is 7.89. The summed E-state index contributed by atoms with van der Waals surface area (Å²) in [5.74, 6) is 0.578. The van der Waals surface area contributed by atoms with E-state index in [1.807, 2.05) is 0 Å². The van der Waals surface area contributed by atoms with Crippen LogP contribution in [0.3, 0.4) is 0 Å². The van der Waals surface area contributed by atoms with Gasteiger partial charge in [0.15, 0.2) is 0 Å². The number of hydrogen-bond donors (Lipinski definition) is 1. The molecule has 2 rings (SSSR count). The Kier molecular flexibility index (Phi) is 4.56. The van der Waals surface area contributed by atoms with Gasteiger partial charge in [0.1, 0.15) is 5.82 Å². The quantitative estimate of drug-likeness (QED) is 0.885. The molecular formula is C12H18N4O3S. The lowest BCUT2D eigenvalue weighted by molar-refractivity contribution is 0.184. The summed E-state index contributed by atoms with van der Waals surface area (Å²) < 4.78 is 24.9. The third kappa shape index (κ3) is 3.45. The molecule has 0 aliphatic carbocycles. The molecule has 0 bridgehead atoms. The number of rotatable bonds is 3. The molecule has 1 fully saturated rings. The van der Waals surface area contributed by atoms with Crippen molar-refractivity contribution in [1.29, 1.82) is 0 Å². The van der Waals surface area contributed by atoms with Gasteiger partial charge in [-0.1, -0.05) is 6.07 Å². The summed E-state index contributed by atoms with van der Waals surface area (Å²) in [5, 5.41) is 2.69. The minimum absolute atomic E-state index is 0.0904. The van der Waals surface area contributed by atoms with Gasteiger partial charge in [0.2, 0.25) is 10.0 Å². The maximum atomic E-state index is 12.0. The Morgan fingerprint density at radius 1 is 1.30 bits per heavy atom. The molecule has 1 saturated heterocycles. The highest BCUT2D eigenvalue weighted by Crippen LogP contribution is 2.09. The van der Waals surface area contributed by atoms with Crippen LogP contribution in [0.5, 0.6) is 0 Å². The molecule has 1 N–H and O–H groups in total. The fourth-order valence-corrected chi connectivity index (χ4v) is 3.06. The third-order valence-electron chi connectivity index (χ3n) is 3.18. The van der Waals surface area contributed by atoms with Crippen molar-refractivity contribution < 1.29 is 13.2 Å². The fraction of sp³-hybridized carbons (Fsp3) is 0.500. The molecule has 0 radical (unpaired) electrons. The van der Waals surface area contributed by atoms with E-state index in [-0.39, 0.29) is 11.8 Å². The molecule has 1 aliphatic heterocycles. The van der Waals surface area contributed by atoms with Gasteiger partial charge in [0.25, 0.3) is 0 Å². The Labute approximate surface area is 118 Å². The molecular weight excluding hydrogens is 280 g/mol. The topological polar surface area (TPSA) is 82.6 Å². The largest absolute Gasteiger partial charge is 0.323 e. The van der Waals surface area contributed by atoms with Crippen LogP contribution < -0.4 is 5.32 Å². The molecule has 0 saturated carbocycles. The molecule has 1 aliphatic rings. The highest BCUT2D eigenvalue weighted by Gasteiger charge is 2.27. The maximum absolute atomic E-state index is 12.0. The Balaban J connectivity index is 1.89. The molecule has 0 atom stereocenters. The second-order valence-electron chi connectivity index (χ2n) is 4.43. The standard InChI is InChI=1S/C12H18N4O3S/c1-2-20(18,19)16-9-7-15(8-10-16)12(17)14-11-5-3-4-6-13-11/h3-6H,2,7-10H2,1H3,(H,13,14,17). The van der Waals surface area contributed by atoms with Gasteiger partial charge in [-0.15, -0.1) is 0 Å². The average Bonchev–Trinajstić information content (AvgIpc) is 2.48. The van der Waals surface area contributed by atoms with E-state index in [2.05, 4.69) is 10.3 Å². The highest BCUT2D eigenvalue weighted by atomic mass is 32.2. The number of nitrogens with zero attached hydrogens (tertiary/aromatic N) is 3. The summed E-state index contributed by atoms with van der Waals surface area (Å²) in [4.78, 5) is 17.6. The number of amides is 2. The first-order valence-corrected chi connectivity index (χ1v) is 8.08. The van der Waals surface area contributed by atoms with Gasteiger partial charge in [0.05, 0.1) is 5.75 Å². The van der Waals surface area contributed by atoms with Crippen LogP contribution in [-0.4, -0.2) is 60.6 Å². The summed E-state index contributed by atoms with van der Waals surface area (Å²) in [5.41, 5.74) is 0. The second kappa shape index (κ2) is 6.19. The first-order chi connectivity index (χ1) is 9.53. The van der Waals surface area contributed by atoms with E-state index in [4.69, 9.17) is 0 Å². The molecule has 7 nitrogen and oxygen atoms in total. The van der Waals surface area contributed by atoms with Crippen molar-refractivity contribution >= 4 is 21.9 Å². The molecule has 20 heavy (non-hydrogen) atoms. The van der Waals surface area contributed by atoms with Gasteiger partial charge >= 0.3 is 6.03 Å². The number of piperazine rings is 1. The van der Waals surface area contributed by atoms with Crippen molar-refractivity contribution in [3.8, 4) is 0 Å². The smallest absolute Gasteiger partial charge is 0.322 e.